The molecule has 0 bridgehead atoms. The van der Waals surface area contributed by atoms with E-state index in [2.05, 4.69) is 29.8 Å². The first-order valence-corrected chi connectivity index (χ1v) is 12.2. The average molecular weight is 419 g/mol. The second kappa shape index (κ2) is 8.93. The van der Waals surface area contributed by atoms with Crippen molar-refractivity contribution < 1.29 is 0 Å². The zero-order valence-corrected chi connectivity index (χ0v) is 18.3. The van der Waals surface area contributed by atoms with Crippen molar-refractivity contribution in [2.45, 2.75) is 70.8 Å². The van der Waals surface area contributed by atoms with Gasteiger partial charge in [0.25, 0.3) is 0 Å². The maximum atomic E-state index is 6.41. The number of fused-ring (bicyclic) bond motifs is 1. The smallest absolute Gasteiger partial charge is 0.131 e. The number of nitrogens with zero attached hydrogens (tertiary/aromatic N) is 1. The van der Waals surface area contributed by atoms with Crippen molar-refractivity contribution in [3.63, 3.8) is 0 Å². The molecular formula is C22H27ClN2S2. The predicted molar refractivity (Wildman–Crippen MR) is 121 cm³/mol. The quantitative estimate of drug-likeness (QED) is 0.424. The fourth-order valence-electron chi connectivity index (χ4n) is 4.21. The van der Waals surface area contributed by atoms with E-state index in [0.29, 0.717) is 11.1 Å². The molecule has 27 heavy (non-hydrogen) atoms. The highest BCUT2D eigenvalue weighted by molar-refractivity contribution is 7.20. The molecule has 1 aliphatic rings. The van der Waals surface area contributed by atoms with E-state index in [4.69, 9.17) is 16.6 Å². The van der Waals surface area contributed by atoms with Crippen molar-refractivity contribution in [2.75, 3.05) is 5.32 Å². The molecule has 2 nitrogen and oxygen atoms in total. The molecule has 5 heteroatoms. The van der Waals surface area contributed by atoms with Crippen molar-refractivity contribution in [1.29, 1.82) is 0 Å². The number of pyridine rings is 1. The number of aryl methyl sites for hydroxylation is 1. The standard InChI is InChI=1S/C22H27ClN2S2/c1-2-17-20-22(27-21(17)15-9-6-4-3-5-7-10-15)18(13-19(23)25-20)24-14-16-11-8-12-26-16/h8,11-13,15H,2-7,9-10,14H2,1H3,(H,24,25). The fraction of sp³-hybridized carbons (Fsp3) is 0.500. The number of anilines is 1. The highest BCUT2D eigenvalue weighted by atomic mass is 35.5. The van der Waals surface area contributed by atoms with Gasteiger partial charge < -0.3 is 5.32 Å². The summed E-state index contributed by atoms with van der Waals surface area (Å²) < 4.78 is 1.28. The normalized spacial score (nSPS) is 16.4. The first-order chi connectivity index (χ1) is 13.3. The van der Waals surface area contributed by atoms with Crippen molar-refractivity contribution in [3.05, 3.63) is 44.1 Å². The van der Waals surface area contributed by atoms with Crippen LogP contribution in [0.1, 0.15) is 73.1 Å². The largest absolute Gasteiger partial charge is 0.379 e. The van der Waals surface area contributed by atoms with E-state index in [1.807, 2.05) is 17.4 Å². The van der Waals surface area contributed by atoms with Crippen LogP contribution in [0.2, 0.25) is 5.15 Å². The molecule has 144 valence electrons. The summed E-state index contributed by atoms with van der Waals surface area (Å²) >= 11 is 10.2. The van der Waals surface area contributed by atoms with Gasteiger partial charge in [0.05, 0.1) is 15.9 Å². The molecule has 1 saturated carbocycles. The van der Waals surface area contributed by atoms with Crippen molar-refractivity contribution in [1.82, 2.24) is 4.98 Å². The van der Waals surface area contributed by atoms with Gasteiger partial charge in [-0.2, -0.15) is 0 Å². The predicted octanol–water partition coefficient (Wildman–Crippen LogP) is 8.01. The van der Waals surface area contributed by atoms with Gasteiger partial charge in [-0.25, -0.2) is 4.98 Å². The summed E-state index contributed by atoms with van der Waals surface area (Å²) in [7, 11) is 0. The Bertz CT molecular complexity index is 877. The number of hydrogen-bond donors (Lipinski definition) is 1. The van der Waals surface area contributed by atoms with Crippen LogP contribution in [0.25, 0.3) is 10.2 Å². The lowest BCUT2D eigenvalue weighted by Crippen LogP contribution is -2.03. The Hall–Kier alpha value is -1.10. The fourth-order valence-corrected chi connectivity index (χ4v) is 6.55. The van der Waals surface area contributed by atoms with Crippen LogP contribution in [0.4, 0.5) is 5.69 Å². The van der Waals surface area contributed by atoms with Gasteiger partial charge in [-0.15, -0.1) is 22.7 Å². The van der Waals surface area contributed by atoms with Gasteiger partial charge >= 0.3 is 0 Å². The van der Waals surface area contributed by atoms with Gasteiger partial charge in [-0.05, 0) is 42.2 Å². The maximum Gasteiger partial charge on any atom is 0.131 e. The molecule has 0 saturated heterocycles. The van der Waals surface area contributed by atoms with Crippen LogP contribution in [0, 0.1) is 0 Å². The lowest BCUT2D eigenvalue weighted by atomic mass is 9.88. The van der Waals surface area contributed by atoms with E-state index in [1.165, 1.54) is 60.1 Å². The lowest BCUT2D eigenvalue weighted by molar-refractivity contribution is 0.458. The topological polar surface area (TPSA) is 24.9 Å². The minimum atomic E-state index is 0.591. The minimum absolute atomic E-state index is 0.591. The molecule has 3 heterocycles. The number of aromatic nitrogens is 1. The van der Waals surface area contributed by atoms with E-state index in [9.17, 15) is 0 Å². The molecule has 1 N–H and O–H groups in total. The summed E-state index contributed by atoms with van der Waals surface area (Å²) in [5, 5.41) is 6.33. The SMILES string of the molecule is CCc1c(C2CCCCCCC2)sc2c(NCc3cccs3)cc(Cl)nc12. The average Bonchev–Trinajstić information content (AvgIpc) is 3.26. The van der Waals surface area contributed by atoms with Gasteiger partial charge in [0.1, 0.15) is 5.15 Å². The molecule has 0 unspecified atom stereocenters. The molecule has 1 aliphatic carbocycles. The number of thiophene rings is 2. The number of halogens is 1. The van der Waals surface area contributed by atoms with Crippen LogP contribution in [0.5, 0.6) is 0 Å². The van der Waals surface area contributed by atoms with E-state index in [1.54, 1.807) is 16.2 Å². The first kappa shape index (κ1) is 19.2. The van der Waals surface area contributed by atoms with Crippen LogP contribution in [-0.2, 0) is 13.0 Å². The minimum Gasteiger partial charge on any atom is -0.379 e. The van der Waals surface area contributed by atoms with Gasteiger partial charge in [-0.1, -0.05) is 56.7 Å². The molecule has 1 fully saturated rings. The molecule has 0 radical (unpaired) electrons. The van der Waals surface area contributed by atoms with E-state index >= 15 is 0 Å². The third-order valence-electron chi connectivity index (χ3n) is 5.60. The molecule has 0 spiro atoms. The Labute approximate surface area is 175 Å². The van der Waals surface area contributed by atoms with Gasteiger partial charge in [0.15, 0.2) is 0 Å². The van der Waals surface area contributed by atoms with E-state index in [-0.39, 0.29) is 0 Å². The van der Waals surface area contributed by atoms with E-state index < -0.39 is 0 Å². The van der Waals surface area contributed by atoms with Crippen molar-refractivity contribution in [3.8, 4) is 0 Å². The van der Waals surface area contributed by atoms with Gasteiger partial charge in [0.2, 0.25) is 0 Å². The van der Waals surface area contributed by atoms with Crippen molar-refractivity contribution >= 4 is 50.2 Å². The Morgan fingerprint density at radius 2 is 1.96 bits per heavy atom. The number of rotatable bonds is 5. The maximum absolute atomic E-state index is 6.41. The molecule has 3 aromatic rings. The van der Waals surface area contributed by atoms with Crippen LogP contribution in [-0.4, -0.2) is 4.98 Å². The third-order valence-corrected chi connectivity index (χ3v) is 8.09. The summed E-state index contributed by atoms with van der Waals surface area (Å²) in [6, 6.07) is 6.27. The highest BCUT2D eigenvalue weighted by Crippen LogP contribution is 2.44. The summed E-state index contributed by atoms with van der Waals surface area (Å²) in [5.41, 5.74) is 3.69. The second-order valence-corrected chi connectivity index (χ2v) is 9.92. The Morgan fingerprint density at radius 1 is 1.19 bits per heavy atom. The third kappa shape index (κ3) is 4.33. The monoisotopic (exact) mass is 418 g/mol. The highest BCUT2D eigenvalue weighted by Gasteiger charge is 2.23. The molecule has 4 rings (SSSR count). The lowest BCUT2D eigenvalue weighted by Gasteiger charge is -2.19. The Kier molecular flexibility index (Phi) is 6.36. The molecule has 0 atom stereocenters. The zero-order chi connectivity index (χ0) is 18.6. The molecule has 0 aliphatic heterocycles. The molecule has 3 aromatic heterocycles. The van der Waals surface area contributed by atoms with Crippen LogP contribution in [0.3, 0.4) is 0 Å². The summed E-state index contributed by atoms with van der Waals surface area (Å²) in [6.07, 6.45) is 10.6. The Balaban J connectivity index is 1.70. The first-order valence-electron chi connectivity index (χ1n) is 10.1. The summed E-state index contributed by atoms with van der Waals surface area (Å²) in [5.74, 6) is 0.698. The van der Waals surface area contributed by atoms with Crippen LogP contribution < -0.4 is 5.32 Å². The number of hydrogen-bond acceptors (Lipinski definition) is 4. The molecular weight excluding hydrogens is 392 g/mol. The summed E-state index contributed by atoms with van der Waals surface area (Å²) in [6.45, 7) is 3.10. The summed E-state index contributed by atoms with van der Waals surface area (Å²) in [4.78, 5) is 7.66. The van der Waals surface area contributed by atoms with Crippen LogP contribution in [0.15, 0.2) is 23.6 Å². The second-order valence-electron chi connectivity index (χ2n) is 7.44. The van der Waals surface area contributed by atoms with E-state index in [0.717, 1.165) is 24.2 Å². The Morgan fingerprint density at radius 3 is 2.67 bits per heavy atom. The molecule has 0 amide bonds. The van der Waals surface area contributed by atoms with Gasteiger partial charge in [0, 0.05) is 22.4 Å². The van der Waals surface area contributed by atoms with Crippen LogP contribution >= 0.6 is 34.3 Å². The number of nitrogens with one attached hydrogen (secondary N) is 1. The molecule has 0 aromatic carbocycles. The zero-order valence-electron chi connectivity index (χ0n) is 15.9. The van der Waals surface area contributed by atoms with Crippen molar-refractivity contribution in [2.24, 2.45) is 0 Å². The van der Waals surface area contributed by atoms with Gasteiger partial charge in [-0.3, -0.25) is 0 Å².